The number of allylic oxidation sites excluding steroid dienone is 2. The smallest absolute Gasteiger partial charge is 0.199 e. The minimum Gasteiger partial charge on any atom is -0.500 e. The third-order valence-electron chi connectivity index (χ3n) is 6.08. The van der Waals surface area contributed by atoms with E-state index in [1.54, 1.807) is 19.2 Å². The number of methoxy groups -OCH3 is 3. The molecule has 1 aromatic heterocycles. The van der Waals surface area contributed by atoms with E-state index in [9.17, 15) is 9.59 Å². The molecule has 0 bridgehead atoms. The Kier molecular flexibility index (Phi) is 6.51. The van der Waals surface area contributed by atoms with Gasteiger partial charge in [0.1, 0.15) is 22.8 Å². The molecule has 7 heteroatoms. The molecule has 0 spiro atoms. The number of ether oxygens (including phenoxy) is 3. The highest BCUT2D eigenvalue weighted by atomic mass is 35.5. The largest absolute Gasteiger partial charge is 0.500 e. The molecule has 0 fully saturated rings. The summed E-state index contributed by atoms with van der Waals surface area (Å²) in [4.78, 5) is 26.4. The van der Waals surface area contributed by atoms with E-state index >= 15 is 0 Å². The maximum Gasteiger partial charge on any atom is 0.199 e. The highest BCUT2D eigenvalue weighted by molar-refractivity contribution is 6.32. The molecular weight excluding hydrogens is 420 g/mol. The van der Waals surface area contributed by atoms with Crippen LogP contribution in [0.5, 0.6) is 11.5 Å². The van der Waals surface area contributed by atoms with Crippen molar-refractivity contribution in [1.29, 1.82) is 0 Å². The summed E-state index contributed by atoms with van der Waals surface area (Å²) in [5.41, 5.74) is 0.0447. The molecule has 1 aliphatic carbocycles. The van der Waals surface area contributed by atoms with E-state index in [1.165, 1.54) is 20.3 Å². The van der Waals surface area contributed by atoms with Crippen LogP contribution in [0.1, 0.15) is 56.2 Å². The van der Waals surface area contributed by atoms with E-state index in [0.717, 1.165) is 0 Å². The number of hydrogen-bond donors (Lipinski definition) is 0. The lowest BCUT2D eigenvalue weighted by Gasteiger charge is -2.37. The molecule has 1 heterocycles. The summed E-state index contributed by atoms with van der Waals surface area (Å²) in [5.74, 6) is 1.66. The second-order valence-corrected chi connectivity index (χ2v) is 7.76. The van der Waals surface area contributed by atoms with Crippen molar-refractivity contribution in [2.45, 2.75) is 45.4 Å². The van der Waals surface area contributed by atoms with Crippen molar-refractivity contribution < 1.29 is 23.4 Å². The Morgan fingerprint density at radius 3 is 2.16 bits per heavy atom. The summed E-state index contributed by atoms with van der Waals surface area (Å²) in [6, 6.07) is 4.65. The molecule has 0 N–H and O–H groups in total. The number of hydrogen-bond acceptors (Lipinski definition) is 6. The molecule has 0 saturated carbocycles. The molecule has 2 aromatic rings. The number of ketones is 1. The van der Waals surface area contributed by atoms with Gasteiger partial charge in [-0.3, -0.25) is 9.59 Å². The average molecular weight is 447 g/mol. The molecule has 3 rings (SSSR count). The second-order valence-electron chi connectivity index (χ2n) is 7.36. The van der Waals surface area contributed by atoms with Gasteiger partial charge in [0.2, 0.25) is 0 Å². The van der Waals surface area contributed by atoms with Crippen molar-refractivity contribution in [1.82, 2.24) is 0 Å². The van der Waals surface area contributed by atoms with Crippen molar-refractivity contribution in [2.24, 2.45) is 0 Å². The molecule has 0 aliphatic heterocycles. The van der Waals surface area contributed by atoms with E-state index in [2.05, 4.69) is 0 Å². The Hall–Kier alpha value is -2.73. The number of rotatable bonds is 7. The highest BCUT2D eigenvalue weighted by Crippen LogP contribution is 2.47. The zero-order chi connectivity index (χ0) is 22.9. The standard InChI is InChI=1S/C24H27ClO6/c1-7-14-20(27)19-16(26)12-17(13-10-15(25)21(29-5)18(11-13)28-4)31-23(19)24(8-2,9-3)22(14)30-6/h10-12H,7-9H2,1-6H3. The van der Waals surface area contributed by atoms with E-state index < -0.39 is 5.41 Å². The van der Waals surface area contributed by atoms with Gasteiger partial charge in [0.05, 0.1) is 31.8 Å². The van der Waals surface area contributed by atoms with Crippen LogP contribution in [0.4, 0.5) is 0 Å². The van der Waals surface area contributed by atoms with Crippen LogP contribution < -0.4 is 14.9 Å². The summed E-state index contributed by atoms with van der Waals surface area (Å²) in [6.07, 6.45) is 1.68. The number of halogens is 1. The quantitative estimate of drug-likeness (QED) is 0.555. The van der Waals surface area contributed by atoms with Crippen molar-refractivity contribution in [2.75, 3.05) is 21.3 Å². The third kappa shape index (κ3) is 3.43. The van der Waals surface area contributed by atoms with Crippen LogP contribution in [-0.4, -0.2) is 27.1 Å². The first-order valence-corrected chi connectivity index (χ1v) is 10.6. The summed E-state index contributed by atoms with van der Waals surface area (Å²) in [7, 11) is 4.55. The summed E-state index contributed by atoms with van der Waals surface area (Å²) in [5, 5.41) is 0.316. The van der Waals surface area contributed by atoms with Crippen molar-refractivity contribution >= 4 is 17.4 Å². The number of carbonyl (C=O) groups excluding carboxylic acids is 1. The highest BCUT2D eigenvalue weighted by Gasteiger charge is 2.47. The summed E-state index contributed by atoms with van der Waals surface area (Å²) >= 11 is 6.36. The van der Waals surface area contributed by atoms with E-state index in [4.69, 9.17) is 30.2 Å². The van der Waals surface area contributed by atoms with Gasteiger partial charge in [0.25, 0.3) is 0 Å². The number of carbonyl (C=O) groups is 1. The summed E-state index contributed by atoms with van der Waals surface area (Å²) in [6.45, 7) is 5.87. The maximum absolute atomic E-state index is 13.2. The molecule has 0 radical (unpaired) electrons. The van der Waals surface area contributed by atoms with Crippen LogP contribution in [0.25, 0.3) is 11.3 Å². The molecule has 166 valence electrons. The van der Waals surface area contributed by atoms with Crippen LogP contribution in [0.2, 0.25) is 5.02 Å². The average Bonchev–Trinajstić information content (AvgIpc) is 2.77. The molecule has 0 saturated heterocycles. The van der Waals surface area contributed by atoms with E-state index in [0.29, 0.717) is 64.2 Å². The fourth-order valence-electron chi connectivity index (χ4n) is 4.43. The molecule has 0 unspecified atom stereocenters. The lowest BCUT2D eigenvalue weighted by atomic mass is 9.69. The molecule has 31 heavy (non-hydrogen) atoms. The summed E-state index contributed by atoms with van der Waals surface area (Å²) < 4.78 is 22.7. The Labute approximate surface area is 186 Å². The van der Waals surface area contributed by atoms with Crippen molar-refractivity contribution in [3.8, 4) is 22.8 Å². The van der Waals surface area contributed by atoms with Crippen LogP contribution in [0.3, 0.4) is 0 Å². The zero-order valence-corrected chi connectivity index (χ0v) is 19.4. The lowest BCUT2D eigenvalue weighted by Crippen LogP contribution is -2.39. The predicted molar refractivity (Wildman–Crippen MR) is 119 cm³/mol. The van der Waals surface area contributed by atoms with Gasteiger partial charge in [-0.1, -0.05) is 32.4 Å². The topological polar surface area (TPSA) is 75.0 Å². The molecule has 1 aliphatic rings. The lowest BCUT2D eigenvalue weighted by molar-refractivity contribution is 0.0975. The minimum absolute atomic E-state index is 0.0803. The zero-order valence-electron chi connectivity index (χ0n) is 18.7. The monoisotopic (exact) mass is 446 g/mol. The number of fused-ring (bicyclic) bond motifs is 1. The first kappa shape index (κ1) is 22.9. The second kappa shape index (κ2) is 8.79. The van der Waals surface area contributed by atoms with Crippen LogP contribution in [0, 0.1) is 0 Å². The molecule has 1 aromatic carbocycles. The normalized spacial score (nSPS) is 15.0. The van der Waals surface area contributed by atoms with Crippen LogP contribution in [-0.2, 0) is 10.2 Å². The first-order valence-electron chi connectivity index (χ1n) is 10.3. The fraction of sp³-hybridized carbons (Fsp3) is 0.417. The predicted octanol–water partition coefficient (Wildman–Crippen LogP) is 5.54. The van der Waals surface area contributed by atoms with Gasteiger partial charge in [0.15, 0.2) is 22.7 Å². The van der Waals surface area contributed by atoms with Crippen LogP contribution >= 0.6 is 11.6 Å². The Balaban J connectivity index is 2.35. The van der Waals surface area contributed by atoms with Gasteiger partial charge in [0, 0.05) is 17.2 Å². The molecule has 0 atom stereocenters. The van der Waals surface area contributed by atoms with Gasteiger partial charge in [-0.05, 0) is 31.4 Å². The Bertz CT molecular complexity index is 1110. The van der Waals surface area contributed by atoms with E-state index in [1.807, 2.05) is 20.8 Å². The fourth-order valence-corrected chi connectivity index (χ4v) is 4.71. The van der Waals surface area contributed by atoms with Gasteiger partial charge in [-0.25, -0.2) is 0 Å². The third-order valence-corrected chi connectivity index (χ3v) is 6.36. The Morgan fingerprint density at radius 1 is 0.968 bits per heavy atom. The first-order chi connectivity index (χ1) is 14.8. The molecular formula is C24H27ClO6. The van der Waals surface area contributed by atoms with Gasteiger partial charge < -0.3 is 18.6 Å². The van der Waals surface area contributed by atoms with Crippen molar-refractivity contribution in [3.63, 3.8) is 0 Å². The van der Waals surface area contributed by atoms with Gasteiger partial charge >= 0.3 is 0 Å². The SMILES string of the molecule is CCC1=C(OC)C(CC)(CC)c2oc(-c3cc(Cl)c(OC)c(OC)c3)cc(=O)c2C1=O. The minimum atomic E-state index is -0.709. The van der Waals surface area contributed by atoms with Gasteiger partial charge in [-0.2, -0.15) is 0 Å². The van der Waals surface area contributed by atoms with Crippen molar-refractivity contribution in [3.05, 3.63) is 56.1 Å². The molecule has 0 amide bonds. The number of benzene rings is 1. The van der Waals surface area contributed by atoms with Crippen LogP contribution in [0.15, 0.2) is 38.7 Å². The number of Topliss-reactive ketones (excluding diaryl/α,β-unsaturated/α-hetero) is 1. The molecule has 6 nitrogen and oxygen atoms in total. The maximum atomic E-state index is 13.2. The Morgan fingerprint density at radius 2 is 1.65 bits per heavy atom. The van der Waals surface area contributed by atoms with Gasteiger partial charge in [-0.15, -0.1) is 0 Å². The van der Waals surface area contributed by atoms with E-state index in [-0.39, 0.29) is 16.8 Å².